The number of hydrogen-bond donors (Lipinski definition) is 3. The van der Waals surface area contributed by atoms with Crippen molar-refractivity contribution in [1.29, 1.82) is 0 Å². The topological polar surface area (TPSA) is 87.7 Å². The van der Waals surface area contributed by atoms with Crippen LogP contribution in [0.1, 0.15) is 44.1 Å². The number of ether oxygens (including phenoxy) is 1. The number of hydrogen-bond acceptors (Lipinski definition) is 3. The summed E-state index contributed by atoms with van der Waals surface area (Å²) >= 11 is 0. The van der Waals surface area contributed by atoms with Crippen LogP contribution in [0.2, 0.25) is 0 Å². The monoisotopic (exact) mass is 348 g/mol. The van der Waals surface area contributed by atoms with Crippen LogP contribution in [0.4, 0.5) is 4.79 Å². The van der Waals surface area contributed by atoms with E-state index < -0.39 is 5.97 Å². The lowest BCUT2D eigenvalue weighted by Crippen LogP contribution is -2.52. The van der Waals surface area contributed by atoms with Crippen LogP contribution in [0.15, 0.2) is 30.3 Å². The fraction of sp³-hybridized carbons (Fsp3) is 0.579. The molecule has 3 N–H and O–H groups in total. The number of carboxylic acids is 1. The molecule has 0 radical (unpaired) electrons. The molecule has 0 aromatic heterocycles. The van der Waals surface area contributed by atoms with Gasteiger partial charge in [0.2, 0.25) is 0 Å². The Hall–Kier alpha value is -2.08. The number of carboxylic acid groups (broad SMARTS) is 1. The van der Waals surface area contributed by atoms with Crippen LogP contribution in [0, 0.1) is 0 Å². The summed E-state index contributed by atoms with van der Waals surface area (Å²) in [5.41, 5.74) is 1.07. The Balaban J connectivity index is 1.92. The van der Waals surface area contributed by atoms with E-state index in [4.69, 9.17) is 9.84 Å². The van der Waals surface area contributed by atoms with Crippen LogP contribution in [-0.4, -0.2) is 42.4 Å². The lowest BCUT2D eigenvalue weighted by atomic mass is 9.92. The van der Waals surface area contributed by atoms with Crippen molar-refractivity contribution in [3.8, 4) is 0 Å². The molecule has 1 aliphatic rings. The Kier molecular flexibility index (Phi) is 7.73. The van der Waals surface area contributed by atoms with Gasteiger partial charge < -0.3 is 20.5 Å². The van der Waals surface area contributed by atoms with Gasteiger partial charge in [-0.3, -0.25) is 4.79 Å². The summed E-state index contributed by atoms with van der Waals surface area (Å²) in [4.78, 5) is 23.3. The van der Waals surface area contributed by atoms with E-state index in [0.29, 0.717) is 12.8 Å². The lowest BCUT2D eigenvalue weighted by molar-refractivity contribution is -0.137. The highest BCUT2D eigenvalue weighted by Gasteiger charge is 2.27. The van der Waals surface area contributed by atoms with Gasteiger partial charge in [0.1, 0.15) is 0 Å². The van der Waals surface area contributed by atoms with E-state index in [-0.39, 0.29) is 30.6 Å². The van der Waals surface area contributed by atoms with Crippen LogP contribution in [0.5, 0.6) is 0 Å². The van der Waals surface area contributed by atoms with E-state index in [9.17, 15) is 9.59 Å². The number of rotatable bonds is 8. The first kappa shape index (κ1) is 19.2. The summed E-state index contributed by atoms with van der Waals surface area (Å²) in [6.45, 7) is 0. The number of carbonyl (C=O) groups excluding carboxylic acids is 1. The SMILES string of the molecule is CO[C@H]1CCCC[C@@H]1NC(=O)NC(CCC(=O)O)Cc1ccccc1. The molecule has 2 rings (SSSR count). The molecule has 6 heteroatoms. The highest BCUT2D eigenvalue weighted by Crippen LogP contribution is 2.20. The van der Waals surface area contributed by atoms with Gasteiger partial charge in [-0.1, -0.05) is 43.2 Å². The molecule has 1 aromatic rings. The van der Waals surface area contributed by atoms with Crippen molar-refractivity contribution in [1.82, 2.24) is 10.6 Å². The molecule has 0 heterocycles. The molecule has 1 fully saturated rings. The normalized spacial score (nSPS) is 21.3. The minimum atomic E-state index is -0.855. The molecule has 25 heavy (non-hydrogen) atoms. The Labute approximate surface area is 149 Å². The van der Waals surface area contributed by atoms with Crippen molar-refractivity contribution in [2.45, 2.75) is 63.1 Å². The van der Waals surface area contributed by atoms with Gasteiger partial charge in [0.05, 0.1) is 12.1 Å². The summed E-state index contributed by atoms with van der Waals surface area (Å²) in [7, 11) is 1.67. The molecule has 1 aromatic carbocycles. The highest BCUT2D eigenvalue weighted by atomic mass is 16.5. The zero-order valence-electron chi connectivity index (χ0n) is 14.7. The van der Waals surface area contributed by atoms with Crippen molar-refractivity contribution in [3.63, 3.8) is 0 Å². The molecule has 1 saturated carbocycles. The Morgan fingerprint density at radius 2 is 1.96 bits per heavy atom. The van der Waals surface area contributed by atoms with E-state index in [2.05, 4.69) is 10.6 Å². The van der Waals surface area contributed by atoms with E-state index in [0.717, 1.165) is 31.2 Å². The predicted molar refractivity (Wildman–Crippen MR) is 95.5 cm³/mol. The van der Waals surface area contributed by atoms with Crippen LogP contribution in [0.25, 0.3) is 0 Å². The number of urea groups is 1. The van der Waals surface area contributed by atoms with Crippen molar-refractivity contribution in [3.05, 3.63) is 35.9 Å². The lowest BCUT2D eigenvalue weighted by Gasteiger charge is -2.31. The Morgan fingerprint density at radius 3 is 2.64 bits per heavy atom. The molecule has 6 nitrogen and oxygen atoms in total. The van der Waals surface area contributed by atoms with Crippen LogP contribution in [0.3, 0.4) is 0 Å². The summed E-state index contributed by atoms with van der Waals surface area (Å²) in [5, 5.41) is 14.9. The summed E-state index contributed by atoms with van der Waals surface area (Å²) in [5.74, 6) is -0.855. The molecule has 0 spiro atoms. The van der Waals surface area contributed by atoms with Crippen LogP contribution >= 0.6 is 0 Å². The molecule has 1 unspecified atom stereocenters. The number of amides is 2. The molecule has 2 amide bonds. The first-order valence-corrected chi connectivity index (χ1v) is 8.94. The van der Waals surface area contributed by atoms with Gasteiger partial charge in [0.25, 0.3) is 0 Å². The van der Waals surface area contributed by atoms with Crippen molar-refractivity contribution >= 4 is 12.0 Å². The van der Waals surface area contributed by atoms with Gasteiger partial charge in [-0.25, -0.2) is 4.79 Å². The first-order chi connectivity index (χ1) is 12.1. The van der Waals surface area contributed by atoms with Gasteiger partial charge in [0, 0.05) is 19.6 Å². The minimum absolute atomic E-state index is 0.00981. The second kappa shape index (κ2) is 10.0. The Morgan fingerprint density at radius 1 is 1.24 bits per heavy atom. The maximum Gasteiger partial charge on any atom is 0.315 e. The number of benzene rings is 1. The number of methoxy groups -OCH3 is 1. The third-order valence-electron chi connectivity index (χ3n) is 4.69. The summed E-state index contributed by atoms with van der Waals surface area (Å²) in [6.07, 6.45) is 5.15. The minimum Gasteiger partial charge on any atom is -0.481 e. The molecule has 3 atom stereocenters. The second-order valence-corrected chi connectivity index (χ2v) is 6.60. The molecule has 138 valence electrons. The van der Waals surface area contributed by atoms with E-state index in [1.54, 1.807) is 7.11 Å². The fourth-order valence-electron chi connectivity index (χ4n) is 3.36. The molecular weight excluding hydrogens is 320 g/mol. The highest BCUT2D eigenvalue weighted by molar-refractivity contribution is 5.75. The molecule has 1 aliphatic carbocycles. The number of nitrogens with one attached hydrogen (secondary N) is 2. The third-order valence-corrected chi connectivity index (χ3v) is 4.69. The van der Waals surface area contributed by atoms with Crippen molar-refractivity contribution < 1.29 is 19.4 Å². The van der Waals surface area contributed by atoms with Gasteiger partial charge in [0.15, 0.2) is 0 Å². The predicted octanol–water partition coefficient (Wildman–Crippen LogP) is 2.72. The van der Waals surface area contributed by atoms with Crippen LogP contribution in [-0.2, 0) is 16.0 Å². The van der Waals surface area contributed by atoms with Crippen molar-refractivity contribution in [2.24, 2.45) is 0 Å². The fourth-order valence-corrected chi connectivity index (χ4v) is 3.36. The Bertz CT molecular complexity index is 550. The van der Waals surface area contributed by atoms with E-state index in [1.165, 1.54) is 0 Å². The quantitative estimate of drug-likeness (QED) is 0.674. The maximum atomic E-state index is 12.4. The van der Waals surface area contributed by atoms with Crippen LogP contribution < -0.4 is 10.6 Å². The van der Waals surface area contributed by atoms with Gasteiger partial charge in [-0.15, -0.1) is 0 Å². The zero-order valence-corrected chi connectivity index (χ0v) is 14.7. The smallest absolute Gasteiger partial charge is 0.315 e. The number of aliphatic carboxylic acids is 1. The second-order valence-electron chi connectivity index (χ2n) is 6.60. The molecule has 0 saturated heterocycles. The van der Waals surface area contributed by atoms with Gasteiger partial charge >= 0.3 is 12.0 Å². The maximum absolute atomic E-state index is 12.4. The number of carbonyl (C=O) groups is 2. The van der Waals surface area contributed by atoms with Crippen molar-refractivity contribution in [2.75, 3.05) is 7.11 Å². The average molecular weight is 348 g/mol. The molecule has 0 bridgehead atoms. The zero-order chi connectivity index (χ0) is 18.1. The summed E-state index contributed by atoms with van der Waals surface area (Å²) < 4.78 is 5.46. The first-order valence-electron chi connectivity index (χ1n) is 8.94. The van der Waals surface area contributed by atoms with E-state index in [1.807, 2.05) is 30.3 Å². The molecular formula is C19H28N2O4. The standard InChI is InChI=1S/C19H28N2O4/c1-25-17-10-6-5-9-16(17)21-19(24)20-15(11-12-18(22)23)13-14-7-3-2-4-8-14/h2-4,7-8,15-17H,5-6,9-13H2,1H3,(H,22,23)(H2,20,21,24)/t15?,16-,17-/m0/s1. The summed E-state index contributed by atoms with van der Waals surface area (Å²) in [6, 6.07) is 9.32. The third kappa shape index (κ3) is 6.74. The van der Waals surface area contributed by atoms with Gasteiger partial charge in [-0.2, -0.15) is 0 Å². The van der Waals surface area contributed by atoms with E-state index >= 15 is 0 Å². The largest absolute Gasteiger partial charge is 0.481 e. The molecule has 0 aliphatic heterocycles. The van der Waals surface area contributed by atoms with Gasteiger partial charge in [-0.05, 0) is 31.2 Å². The average Bonchev–Trinajstić information content (AvgIpc) is 2.61.